The maximum atomic E-state index is 11.4. The van der Waals surface area contributed by atoms with E-state index < -0.39 is 0 Å². The number of hydrogen-bond donors (Lipinski definition) is 1. The molecule has 4 nitrogen and oxygen atoms in total. The van der Waals surface area contributed by atoms with Crippen LogP contribution in [0.4, 0.5) is 5.88 Å². The smallest absolute Gasteiger partial charge is 0.259 e. The first-order valence-corrected chi connectivity index (χ1v) is 3.59. The van der Waals surface area contributed by atoms with Crippen molar-refractivity contribution in [3.8, 4) is 0 Å². The van der Waals surface area contributed by atoms with Crippen LogP contribution in [0.5, 0.6) is 0 Å². The highest BCUT2D eigenvalue weighted by Crippen LogP contribution is 2.19. The zero-order chi connectivity index (χ0) is 9.30. The van der Waals surface area contributed by atoms with E-state index >= 15 is 0 Å². The fourth-order valence-electron chi connectivity index (χ4n) is 0.962. The first-order chi connectivity index (χ1) is 5.54. The van der Waals surface area contributed by atoms with Gasteiger partial charge in [-0.05, 0) is 6.92 Å². The van der Waals surface area contributed by atoms with Gasteiger partial charge in [0.25, 0.3) is 5.91 Å². The number of carbonyl (C=O) groups is 1. The summed E-state index contributed by atoms with van der Waals surface area (Å²) in [5, 5.41) is 0. The maximum absolute atomic E-state index is 11.4. The largest absolute Gasteiger partial charge is 0.448 e. The number of carbonyl (C=O) groups excluding carboxylic acids is 1. The predicted molar refractivity (Wildman–Crippen MR) is 45.9 cm³/mol. The summed E-state index contributed by atoms with van der Waals surface area (Å²) in [7, 11) is 3.35. The van der Waals surface area contributed by atoms with E-state index in [0.717, 1.165) is 5.56 Å². The molecule has 66 valence electrons. The van der Waals surface area contributed by atoms with Crippen molar-refractivity contribution >= 4 is 11.8 Å². The third-order valence-electron chi connectivity index (χ3n) is 1.62. The van der Waals surface area contributed by atoms with Gasteiger partial charge in [0.15, 0.2) is 0 Å². The second kappa shape index (κ2) is 2.89. The summed E-state index contributed by atoms with van der Waals surface area (Å²) < 4.78 is 4.90. The Hall–Kier alpha value is -1.45. The Morgan fingerprint density at radius 3 is 2.50 bits per heavy atom. The van der Waals surface area contributed by atoms with Crippen molar-refractivity contribution in [2.75, 3.05) is 19.8 Å². The van der Waals surface area contributed by atoms with Crippen LogP contribution >= 0.6 is 0 Å². The number of nitrogen functional groups attached to an aromatic ring is 1. The molecule has 1 aromatic heterocycles. The summed E-state index contributed by atoms with van der Waals surface area (Å²) in [5.41, 5.74) is 6.69. The lowest BCUT2D eigenvalue weighted by atomic mass is 10.2. The molecular weight excluding hydrogens is 156 g/mol. The van der Waals surface area contributed by atoms with Gasteiger partial charge in [0, 0.05) is 19.7 Å². The van der Waals surface area contributed by atoms with E-state index in [4.69, 9.17) is 10.2 Å². The summed E-state index contributed by atoms with van der Waals surface area (Å²) in [6.45, 7) is 1.79. The second-order valence-corrected chi connectivity index (χ2v) is 2.86. The fourth-order valence-corrected chi connectivity index (χ4v) is 0.962. The Labute approximate surface area is 70.9 Å². The molecule has 0 radical (unpaired) electrons. The van der Waals surface area contributed by atoms with Crippen LogP contribution in [0.1, 0.15) is 15.9 Å². The van der Waals surface area contributed by atoms with Crippen LogP contribution in [-0.2, 0) is 0 Å². The molecule has 2 N–H and O–H groups in total. The van der Waals surface area contributed by atoms with E-state index in [9.17, 15) is 4.79 Å². The Balaban J connectivity index is 3.09. The Morgan fingerprint density at radius 1 is 1.58 bits per heavy atom. The van der Waals surface area contributed by atoms with Gasteiger partial charge >= 0.3 is 0 Å². The summed E-state index contributed by atoms with van der Waals surface area (Å²) in [6, 6.07) is 0. The molecule has 0 aliphatic heterocycles. The fraction of sp³-hybridized carbons (Fsp3) is 0.375. The minimum Gasteiger partial charge on any atom is -0.448 e. The standard InChI is InChI=1S/C8H12N2O2/c1-5-4-12-7(9)6(5)8(11)10(2)3/h4H,9H2,1-3H3. The quantitative estimate of drug-likeness (QED) is 0.676. The molecule has 1 aromatic rings. The highest BCUT2D eigenvalue weighted by atomic mass is 16.3. The first kappa shape index (κ1) is 8.64. The van der Waals surface area contributed by atoms with Crippen molar-refractivity contribution in [1.29, 1.82) is 0 Å². The summed E-state index contributed by atoms with van der Waals surface area (Å²) in [5.74, 6) is 0.0601. The van der Waals surface area contributed by atoms with Crippen molar-refractivity contribution in [2.24, 2.45) is 0 Å². The van der Waals surface area contributed by atoms with E-state index in [2.05, 4.69) is 0 Å². The van der Waals surface area contributed by atoms with Gasteiger partial charge in [0.2, 0.25) is 5.88 Å². The average Bonchev–Trinajstić information content (AvgIpc) is 2.30. The molecule has 0 unspecified atom stereocenters. The lowest BCUT2D eigenvalue weighted by Crippen LogP contribution is -2.22. The summed E-state index contributed by atoms with van der Waals surface area (Å²) in [4.78, 5) is 12.9. The lowest BCUT2D eigenvalue weighted by Gasteiger charge is -2.09. The number of furan rings is 1. The lowest BCUT2D eigenvalue weighted by molar-refractivity contribution is 0.0827. The Bertz CT molecular complexity index is 283. The predicted octanol–water partition coefficient (Wildman–Crippen LogP) is 0.872. The van der Waals surface area contributed by atoms with Crippen LogP contribution < -0.4 is 5.73 Å². The second-order valence-electron chi connectivity index (χ2n) is 2.86. The van der Waals surface area contributed by atoms with E-state index in [1.165, 1.54) is 11.2 Å². The van der Waals surface area contributed by atoms with Gasteiger partial charge in [-0.2, -0.15) is 0 Å². The van der Waals surface area contributed by atoms with Gasteiger partial charge in [0.05, 0.1) is 6.26 Å². The molecular formula is C8H12N2O2. The average molecular weight is 168 g/mol. The minimum absolute atomic E-state index is 0.126. The number of hydrogen-bond acceptors (Lipinski definition) is 3. The topological polar surface area (TPSA) is 59.5 Å². The molecule has 0 aromatic carbocycles. The van der Waals surface area contributed by atoms with Crippen LogP contribution in [0.25, 0.3) is 0 Å². The SMILES string of the molecule is Cc1coc(N)c1C(=O)N(C)C. The molecule has 0 aliphatic rings. The number of nitrogens with two attached hydrogens (primary N) is 1. The molecule has 4 heteroatoms. The van der Waals surface area contributed by atoms with Crippen LogP contribution in [-0.4, -0.2) is 24.9 Å². The molecule has 12 heavy (non-hydrogen) atoms. The summed E-state index contributed by atoms with van der Waals surface area (Å²) in [6.07, 6.45) is 1.48. The van der Waals surface area contributed by atoms with E-state index in [1.54, 1.807) is 21.0 Å². The molecule has 0 saturated heterocycles. The van der Waals surface area contributed by atoms with Crippen LogP contribution in [0.3, 0.4) is 0 Å². The van der Waals surface area contributed by atoms with Crippen LogP contribution in [0.15, 0.2) is 10.7 Å². The third-order valence-corrected chi connectivity index (χ3v) is 1.62. The van der Waals surface area contributed by atoms with Gasteiger partial charge in [-0.3, -0.25) is 4.79 Å². The van der Waals surface area contributed by atoms with Gasteiger partial charge in [0.1, 0.15) is 5.56 Å². The van der Waals surface area contributed by atoms with Gasteiger partial charge in [-0.1, -0.05) is 0 Å². The Kier molecular flexibility index (Phi) is 2.08. The number of aryl methyl sites for hydroxylation is 1. The van der Waals surface area contributed by atoms with Crippen molar-refractivity contribution in [1.82, 2.24) is 4.90 Å². The maximum Gasteiger partial charge on any atom is 0.259 e. The Morgan fingerprint density at radius 2 is 2.17 bits per heavy atom. The highest BCUT2D eigenvalue weighted by molar-refractivity contribution is 5.99. The van der Waals surface area contributed by atoms with Gasteiger partial charge in [-0.15, -0.1) is 0 Å². The molecule has 0 atom stereocenters. The first-order valence-electron chi connectivity index (χ1n) is 3.59. The molecule has 0 aliphatic carbocycles. The summed E-state index contributed by atoms with van der Waals surface area (Å²) >= 11 is 0. The normalized spacial score (nSPS) is 9.92. The van der Waals surface area contributed by atoms with Crippen molar-refractivity contribution in [2.45, 2.75) is 6.92 Å². The molecule has 0 fully saturated rings. The van der Waals surface area contributed by atoms with Crippen molar-refractivity contribution < 1.29 is 9.21 Å². The minimum atomic E-state index is -0.126. The third kappa shape index (κ3) is 1.28. The molecule has 0 bridgehead atoms. The van der Waals surface area contributed by atoms with E-state index in [-0.39, 0.29) is 11.8 Å². The van der Waals surface area contributed by atoms with Crippen molar-refractivity contribution in [3.05, 3.63) is 17.4 Å². The molecule has 1 amide bonds. The number of nitrogens with zero attached hydrogens (tertiary/aromatic N) is 1. The van der Waals surface area contributed by atoms with Crippen molar-refractivity contribution in [3.63, 3.8) is 0 Å². The van der Waals surface area contributed by atoms with E-state index in [1.807, 2.05) is 0 Å². The number of rotatable bonds is 1. The number of anilines is 1. The van der Waals surface area contributed by atoms with Crippen LogP contribution in [0.2, 0.25) is 0 Å². The van der Waals surface area contributed by atoms with Crippen LogP contribution in [0, 0.1) is 6.92 Å². The zero-order valence-electron chi connectivity index (χ0n) is 7.42. The zero-order valence-corrected chi connectivity index (χ0v) is 7.42. The highest BCUT2D eigenvalue weighted by Gasteiger charge is 2.17. The molecule has 0 saturated carbocycles. The number of amides is 1. The molecule has 1 heterocycles. The molecule has 1 rings (SSSR count). The monoisotopic (exact) mass is 168 g/mol. The van der Waals surface area contributed by atoms with Gasteiger partial charge in [-0.25, -0.2) is 0 Å². The molecule has 0 spiro atoms. The van der Waals surface area contributed by atoms with E-state index in [0.29, 0.717) is 5.56 Å². The van der Waals surface area contributed by atoms with Gasteiger partial charge < -0.3 is 15.1 Å².